The van der Waals surface area contributed by atoms with Crippen LogP contribution < -0.4 is 11.1 Å². The minimum absolute atomic E-state index is 0.00188. The summed E-state index contributed by atoms with van der Waals surface area (Å²) < 4.78 is 0. The van der Waals surface area contributed by atoms with Gasteiger partial charge in [0, 0.05) is 12.2 Å². The third-order valence-corrected chi connectivity index (χ3v) is 3.11. The highest BCUT2D eigenvalue weighted by Gasteiger charge is 2.07. The molecule has 0 saturated heterocycles. The molecule has 0 aliphatic heterocycles. The van der Waals surface area contributed by atoms with Gasteiger partial charge in [0.05, 0.1) is 13.0 Å². The van der Waals surface area contributed by atoms with E-state index in [-0.39, 0.29) is 12.5 Å². The number of carbonyl (C=O) groups excluding carboxylic acids is 1. The van der Waals surface area contributed by atoms with Gasteiger partial charge in [-0.25, -0.2) is 0 Å². The molecule has 0 spiro atoms. The molecule has 4 heteroatoms. The van der Waals surface area contributed by atoms with Crippen LogP contribution in [0.3, 0.4) is 0 Å². The number of nitrogens with one attached hydrogen (secondary N) is 1. The second-order valence-electron chi connectivity index (χ2n) is 4.55. The van der Waals surface area contributed by atoms with Crippen LogP contribution in [0.5, 0.6) is 0 Å². The van der Waals surface area contributed by atoms with Crippen LogP contribution in [-0.4, -0.2) is 11.0 Å². The maximum Gasteiger partial charge on any atom is 0.228 e. The average molecular weight is 270 g/mol. The highest BCUT2D eigenvalue weighted by atomic mass is 16.3. The van der Waals surface area contributed by atoms with Crippen LogP contribution >= 0.6 is 0 Å². The van der Waals surface area contributed by atoms with Gasteiger partial charge in [0.15, 0.2) is 0 Å². The molecule has 0 saturated carbocycles. The van der Waals surface area contributed by atoms with E-state index in [1.54, 1.807) is 24.3 Å². The van der Waals surface area contributed by atoms with E-state index in [0.717, 1.165) is 22.4 Å². The molecular weight excluding hydrogens is 252 g/mol. The highest BCUT2D eigenvalue weighted by Crippen LogP contribution is 2.12. The highest BCUT2D eigenvalue weighted by molar-refractivity contribution is 5.92. The quantitative estimate of drug-likeness (QED) is 0.775. The number of nitrogens with two attached hydrogens (primary N) is 1. The molecule has 0 atom stereocenters. The predicted molar refractivity (Wildman–Crippen MR) is 79.0 cm³/mol. The number of hydrogen-bond donors (Lipinski definition) is 3. The molecule has 0 aliphatic carbocycles. The Bertz CT molecular complexity index is 579. The molecule has 0 aliphatic rings. The number of amides is 1. The predicted octanol–water partition coefficient (Wildman–Crippen LogP) is 1.82. The summed E-state index contributed by atoms with van der Waals surface area (Å²) in [5.41, 5.74) is 9.12. The Kier molecular flexibility index (Phi) is 4.87. The molecule has 0 fully saturated rings. The zero-order valence-corrected chi connectivity index (χ0v) is 11.2. The Morgan fingerprint density at radius 3 is 2.30 bits per heavy atom. The Morgan fingerprint density at radius 1 is 1.05 bits per heavy atom. The minimum Gasteiger partial charge on any atom is -0.392 e. The van der Waals surface area contributed by atoms with Crippen molar-refractivity contribution >= 4 is 11.6 Å². The van der Waals surface area contributed by atoms with E-state index in [0.29, 0.717) is 13.0 Å². The van der Waals surface area contributed by atoms with E-state index in [9.17, 15) is 4.79 Å². The molecule has 1 amide bonds. The molecule has 104 valence electrons. The van der Waals surface area contributed by atoms with Crippen molar-refractivity contribution in [1.29, 1.82) is 0 Å². The number of anilines is 1. The normalized spacial score (nSPS) is 10.3. The number of carbonyl (C=O) groups is 1. The first kappa shape index (κ1) is 14.2. The topological polar surface area (TPSA) is 75.4 Å². The second-order valence-corrected chi connectivity index (χ2v) is 4.55. The summed E-state index contributed by atoms with van der Waals surface area (Å²) >= 11 is 0. The number of benzene rings is 2. The van der Waals surface area contributed by atoms with Gasteiger partial charge in [-0.2, -0.15) is 0 Å². The molecule has 0 unspecified atom stereocenters. The van der Waals surface area contributed by atoms with Gasteiger partial charge in [-0.05, 0) is 28.8 Å². The van der Waals surface area contributed by atoms with Gasteiger partial charge in [-0.15, -0.1) is 0 Å². The monoisotopic (exact) mass is 270 g/mol. The van der Waals surface area contributed by atoms with Gasteiger partial charge >= 0.3 is 0 Å². The van der Waals surface area contributed by atoms with Crippen molar-refractivity contribution in [3.8, 4) is 0 Å². The van der Waals surface area contributed by atoms with Crippen molar-refractivity contribution < 1.29 is 9.90 Å². The molecule has 0 aromatic heterocycles. The lowest BCUT2D eigenvalue weighted by atomic mass is 10.0. The molecule has 0 bridgehead atoms. The van der Waals surface area contributed by atoms with Gasteiger partial charge in [0.1, 0.15) is 0 Å². The molecule has 2 rings (SSSR count). The zero-order chi connectivity index (χ0) is 14.4. The van der Waals surface area contributed by atoms with Crippen molar-refractivity contribution in [3.05, 3.63) is 65.2 Å². The fourth-order valence-corrected chi connectivity index (χ4v) is 2.00. The summed E-state index contributed by atoms with van der Waals surface area (Å²) in [6.45, 7) is 0.423. The Hall–Kier alpha value is -2.17. The maximum atomic E-state index is 12.0. The lowest BCUT2D eigenvalue weighted by Crippen LogP contribution is -2.16. The summed E-state index contributed by atoms with van der Waals surface area (Å²) in [4.78, 5) is 12.0. The van der Waals surface area contributed by atoms with Gasteiger partial charge < -0.3 is 16.2 Å². The summed E-state index contributed by atoms with van der Waals surface area (Å²) in [6, 6.07) is 14.8. The lowest BCUT2D eigenvalue weighted by molar-refractivity contribution is -0.115. The summed E-state index contributed by atoms with van der Waals surface area (Å²) in [5, 5.41) is 11.8. The Balaban J connectivity index is 2.01. The van der Waals surface area contributed by atoms with Crippen molar-refractivity contribution in [2.24, 2.45) is 5.73 Å². The van der Waals surface area contributed by atoms with E-state index in [1.807, 2.05) is 24.3 Å². The SMILES string of the molecule is NCc1ccccc1CC(=O)Nc1ccc(CO)cc1. The molecular formula is C16H18N2O2. The smallest absolute Gasteiger partial charge is 0.228 e. The first-order valence-corrected chi connectivity index (χ1v) is 6.49. The largest absolute Gasteiger partial charge is 0.392 e. The molecule has 2 aromatic rings. The Morgan fingerprint density at radius 2 is 1.70 bits per heavy atom. The van der Waals surface area contributed by atoms with Crippen molar-refractivity contribution in [2.75, 3.05) is 5.32 Å². The van der Waals surface area contributed by atoms with Gasteiger partial charge in [-0.3, -0.25) is 4.79 Å². The van der Waals surface area contributed by atoms with Gasteiger partial charge in [0.2, 0.25) is 5.91 Å². The molecule has 4 N–H and O–H groups in total. The lowest BCUT2D eigenvalue weighted by Gasteiger charge is -2.09. The third-order valence-electron chi connectivity index (χ3n) is 3.11. The van der Waals surface area contributed by atoms with Crippen molar-refractivity contribution in [3.63, 3.8) is 0 Å². The maximum absolute atomic E-state index is 12.0. The summed E-state index contributed by atoms with van der Waals surface area (Å²) in [5.74, 6) is -0.0809. The van der Waals surface area contributed by atoms with E-state index in [4.69, 9.17) is 10.8 Å². The molecule has 2 aromatic carbocycles. The fourth-order valence-electron chi connectivity index (χ4n) is 2.00. The van der Waals surface area contributed by atoms with Crippen LogP contribution in [0.25, 0.3) is 0 Å². The van der Waals surface area contributed by atoms with Crippen molar-refractivity contribution in [2.45, 2.75) is 19.6 Å². The first-order chi connectivity index (χ1) is 9.72. The molecule has 20 heavy (non-hydrogen) atoms. The molecule has 0 heterocycles. The number of aliphatic hydroxyl groups is 1. The van der Waals surface area contributed by atoms with Crippen molar-refractivity contribution in [1.82, 2.24) is 0 Å². The summed E-state index contributed by atoms with van der Waals surface area (Å²) in [6.07, 6.45) is 0.301. The van der Waals surface area contributed by atoms with E-state index < -0.39 is 0 Å². The standard InChI is InChI=1S/C16H18N2O2/c17-10-14-4-2-1-3-13(14)9-16(20)18-15-7-5-12(11-19)6-8-15/h1-8,19H,9-11,17H2,(H,18,20). The average Bonchev–Trinajstić information content (AvgIpc) is 2.48. The number of hydrogen-bond acceptors (Lipinski definition) is 3. The minimum atomic E-state index is -0.0809. The second kappa shape index (κ2) is 6.84. The van der Waals surface area contributed by atoms with Gasteiger partial charge in [-0.1, -0.05) is 36.4 Å². The Labute approximate surface area is 118 Å². The van der Waals surface area contributed by atoms with Crippen LogP contribution in [0.1, 0.15) is 16.7 Å². The van der Waals surface area contributed by atoms with Gasteiger partial charge in [0.25, 0.3) is 0 Å². The fraction of sp³-hybridized carbons (Fsp3) is 0.188. The van der Waals surface area contributed by atoms with E-state index >= 15 is 0 Å². The zero-order valence-electron chi connectivity index (χ0n) is 11.2. The van der Waals surface area contributed by atoms with E-state index in [2.05, 4.69) is 5.32 Å². The van der Waals surface area contributed by atoms with Crippen LogP contribution in [0.2, 0.25) is 0 Å². The summed E-state index contributed by atoms with van der Waals surface area (Å²) in [7, 11) is 0. The van der Waals surface area contributed by atoms with Crippen LogP contribution in [-0.2, 0) is 24.4 Å². The number of aliphatic hydroxyl groups excluding tert-OH is 1. The van der Waals surface area contributed by atoms with Crippen LogP contribution in [0.4, 0.5) is 5.69 Å². The molecule has 4 nitrogen and oxygen atoms in total. The molecule has 0 radical (unpaired) electrons. The number of rotatable bonds is 5. The van der Waals surface area contributed by atoms with E-state index in [1.165, 1.54) is 0 Å². The van der Waals surface area contributed by atoms with Crippen LogP contribution in [0.15, 0.2) is 48.5 Å². The van der Waals surface area contributed by atoms with Crippen LogP contribution in [0, 0.1) is 0 Å². The third kappa shape index (κ3) is 3.66. The first-order valence-electron chi connectivity index (χ1n) is 6.49.